The third kappa shape index (κ3) is 7.79. The molecule has 39 heavy (non-hydrogen) atoms. The molecule has 1 aliphatic carbocycles. The smallest absolute Gasteiger partial charge is 0.239 e. The number of nitrogens with one attached hydrogen (secondary N) is 4. The van der Waals surface area contributed by atoms with Gasteiger partial charge in [0.25, 0.3) is 0 Å². The van der Waals surface area contributed by atoms with E-state index in [9.17, 15) is 14.4 Å². The molecule has 3 aromatic rings. The van der Waals surface area contributed by atoms with Crippen LogP contribution >= 0.6 is 11.3 Å². The van der Waals surface area contributed by atoms with Gasteiger partial charge in [-0.05, 0) is 54.7 Å². The summed E-state index contributed by atoms with van der Waals surface area (Å²) in [5, 5.41) is 16.6. The molecule has 2 aromatic carbocycles. The van der Waals surface area contributed by atoms with Crippen molar-refractivity contribution in [3.8, 4) is 11.1 Å². The van der Waals surface area contributed by atoms with E-state index in [2.05, 4.69) is 20.9 Å². The van der Waals surface area contributed by atoms with Crippen molar-refractivity contribution in [1.82, 2.24) is 15.6 Å². The van der Waals surface area contributed by atoms with E-state index in [1.54, 1.807) is 6.92 Å². The molecule has 0 spiro atoms. The van der Waals surface area contributed by atoms with Crippen LogP contribution in [0, 0.1) is 12.3 Å². The van der Waals surface area contributed by atoms with E-state index in [1.807, 2.05) is 64.9 Å². The molecule has 1 unspecified atom stereocenters. The number of fused-ring (bicyclic) bond motifs is 1. The lowest BCUT2D eigenvalue weighted by Crippen LogP contribution is -2.41. The summed E-state index contributed by atoms with van der Waals surface area (Å²) in [6.45, 7) is 9.56. The molecule has 1 aromatic heterocycles. The number of aromatic nitrogens is 1. The van der Waals surface area contributed by atoms with Crippen LogP contribution in [0.1, 0.15) is 62.1 Å². The van der Waals surface area contributed by atoms with Gasteiger partial charge in [0.2, 0.25) is 11.8 Å². The molecule has 2 amide bonds. The summed E-state index contributed by atoms with van der Waals surface area (Å²) in [4.78, 5) is 50.3. The Morgan fingerprint density at radius 3 is 2.46 bits per heavy atom. The van der Waals surface area contributed by atoms with Crippen LogP contribution in [-0.2, 0) is 19.2 Å². The van der Waals surface area contributed by atoms with E-state index in [0.29, 0.717) is 5.01 Å². The number of rotatable bonds is 10. The van der Waals surface area contributed by atoms with Gasteiger partial charge in [0.15, 0.2) is 5.78 Å². The van der Waals surface area contributed by atoms with Crippen LogP contribution in [0.5, 0.6) is 0 Å². The van der Waals surface area contributed by atoms with Gasteiger partial charge >= 0.3 is 0 Å². The first-order chi connectivity index (χ1) is 18.8. The number of anilines is 1. The average molecular weight is 552 g/mol. The second-order valence-electron chi connectivity index (χ2n) is 8.70. The first-order valence-corrected chi connectivity index (χ1v) is 13.8. The van der Waals surface area contributed by atoms with Crippen LogP contribution in [0.2, 0.25) is 0 Å². The Morgan fingerprint density at radius 1 is 1.18 bits per heavy atom. The summed E-state index contributed by atoms with van der Waals surface area (Å²) in [7, 11) is 1.82. The van der Waals surface area contributed by atoms with Gasteiger partial charge in [-0.2, -0.15) is 0 Å². The van der Waals surface area contributed by atoms with Gasteiger partial charge in [0.05, 0.1) is 16.8 Å². The van der Waals surface area contributed by atoms with Crippen molar-refractivity contribution in [2.24, 2.45) is 0 Å². The normalized spacial score (nSPS) is 12.6. The highest BCUT2D eigenvalue weighted by Crippen LogP contribution is 2.35. The zero-order chi connectivity index (χ0) is 29.1. The second kappa shape index (κ2) is 14.9. The molecule has 1 atom stereocenters. The van der Waals surface area contributed by atoms with Crippen molar-refractivity contribution in [2.45, 2.75) is 58.9 Å². The SMILES string of the molecule is C=O.CC.CCC(=O)C(C(=O)NCC(=O)NC1CC1)c1nc2cc(C)c(-c3ccc(C=N)c(NC)c3)cc2s1. The highest BCUT2D eigenvalue weighted by Gasteiger charge is 2.31. The molecule has 4 rings (SSSR count). The first-order valence-electron chi connectivity index (χ1n) is 13.0. The molecular formula is C29H37N5O4S. The molecule has 0 saturated heterocycles. The van der Waals surface area contributed by atoms with Gasteiger partial charge < -0.3 is 26.2 Å². The Bertz CT molecular complexity index is 1330. The Labute approximate surface area is 233 Å². The van der Waals surface area contributed by atoms with Gasteiger partial charge in [-0.3, -0.25) is 14.4 Å². The standard InChI is InChI=1S/C26H29N5O3S.C2H6.CH2O/c1-4-21(32)24(25(34)29-13-23(33)30-17-7-8-17)26-31-20-9-14(2)18(11-22(20)35-26)15-5-6-16(12-27)19(10-15)28-3;2*1-2/h5-6,9-12,17,24,27-28H,4,7-8,13H2,1-3H3,(H,29,34)(H,30,33);1-2H3;1H2. The highest BCUT2D eigenvalue weighted by molar-refractivity contribution is 7.18. The maximum atomic E-state index is 12.9. The van der Waals surface area contributed by atoms with Crippen LogP contribution in [0.15, 0.2) is 30.3 Å². The van der Waals surface area contributed by atoms with Gasteiger partial charge in [-0.25, -0.2) is 4.98 Å². The van der Waals surface area contributed by atoms with Crippen molar-refractivity contribution in [2.75, 3.05) is 18.9 Å². The lowest BCUT2D eigenvalue weighted by molar-refractivity contribution is -0.132. The maximum absolute atomic E-state index is 12.9. The lowest BCUT2D eigenvalue weighted by atomic mass is 9.98. The number of Topliss-reactive ketones (excluding diaryl/α,β-unsaturated/α-hetero) is 1. The van der Waals surface area contributed by atoms with E-state index in [4.69, 9.17) is 10.2 Å². The Morgan fingerprint density at radius 2 is 1.87 bits per heavy atom. The topological polar surface area (TPSA) is 141 Å². The summed E-state index contributed by atoms with van der Waals surface area (Å²) < 4.78 is 0.871. The third-order valence-electron chi connectivity index (χ3n) is 6.09. The van der Waals surface area contributed by atoms with Crippen LogP contribution in [-0.4, -0.2) is 55.2 Å². The molecule has 1 fully saturated rings. The first kappa shape index (κ1) is 31.3. The number of benzene rings is 2. The maximum Gasteiger partial charge on any atom is 0.239 e. The van der Waals surface area contributed by atoms with Crippen molar-refractivity contribution < 1.29 is 19.2 Å². The number of aryl methyl sites for hydroxylation is 1. The fourth-order valence-electron chi connectivity index (χ4n) is 3.97. The van der Waals surface area contributed by atoms with Gasteiger partial charge in [0.1, 0.15) is 17.7 Å². The molecule has 4 N–H and O–H groups in total. The lowest BCUT2D eigenvalue weighted by Gasteiger charge is -2.12. The largest absolute Gasteiger partial charge is 0.388 e. The van der Waals surface area contributed by atoms with Gasteiger partial charge in [-0.1, -0.05) is 32.9 Å². The molecule has 1 saturated carbocycles. The van der Waals surface area contributed by atoms with Crippen LogP contribution in [0.25, 0.3) is 21.3 Å². The van der Waals surface area contributed by atoms with Crippen LogP contribution in [0.3, 0.4) is 0 Å². The molecule has 0 radical (unpaired) electrons. The summed E-state index contributed by atoms with van der Waals surface area (Å²) in [5.74, 6) is -2.03. The number of carbonyl (C=O) groups is 4. The number of thiazole rings is 1. The number of carbonyl (C=O) groups excluding carboxylic acids is 4. The number of nitrogens with zero attached hydrogens (tertiary/aromatic N) is 1. The fraction of sp³-hybridized carbons (Fsp3) is 0.379. The summed E-state index contributed by atoms with van der Waals surface area (Å²) in [6, 6.07) is 10.1. The number of hydrogen-bond acceptors (Lipinski definition) is 8. The van der Waals surface area contributed by atoms with E-state index < -0.39 is 11.8 Å². The molecule has 9 nitrogen and oxygen atoms in total. The number of amides is 2. The molecule has 0 bridgehead atoms. The zero-order valence-electron chi connectivity index (χ0n) is 23.1. The van der Waals surface area contributed by atoms with E-state index in [0.717, 1.165) is 51.0 Å². The quantitative estimate of drug-likeness (QED) is 0.214. The minimum atomic E-state index is -1.04. The monoisotopic (exact) mass is 551 g/mol. The molecule has 10 heteroatoms. The van der Waals surface area contributed by atoms with Crippen molar-refractivity contribution in [1.29, 1.82) is 5.41 Å². The zero-order valence-corrected chi connectivity index (χ0v) is 24.0. The molecule has 1 aliphatic rings. The minimum absolute atomic E-state index is 0.156. The Kier molecular flexibility index (Phi) is 11.9. The summed E-state index contributed by atoms with van der Waals surface area (Å²) in [6.07, 6.45) is 3.44. The summed E-state index contributed by atoms with van der Waals surface area (Å²) in [5.41, 5.74) is 5.41. The van der Waals surface area contributed by atoms with Crippen molar-refractivity contribution in [3.05, 3.63) is 46.5 Å². The predicted octanol–water partition coefficient (Wildman–Crippen LogP) is 4.61. The predicted molar refractivity (Wildman–Crippen MR) is 158 cm³/mol. The van der Waals surface area contributed by atoms with Gasteiger partial charge in [-0.15, -0.1) is 11.3 Å². The van der Waals surface area contributed by atoms with Crippen molar-refractivity contribution in [3.63, 3.8) is 0 Å². The molecular weight excluding hydrogens is 514 g/mol. The van der Waals surface area contributed by atoms with Crippen LogP contribution in [0.4, 0.5) is 5.69 Å². The molecule has 0 aliphatic heterocycles. The van der Waals surface area contributed by atoms with E-state index >= 15 is 0 Å². The minimum Gasteiger partial charge on any atom is -0.388 e. The van der Waals surface area contributed by atoms with Crippen molar-refractivity contribution >= 4 is 57.8 Å². The molecule has 208 valence electrons. The second-order valence-corrected chi connectivity index (χ2v) is 9.76. The number of ketones is 1. The third-order valence-corrected chi connectivity index (χ3v) is 7.17. The molecule has 1 heterocycles. The summed E-state index contributed by atoms with van der Waals surface area (Å²) >= 11 is 1.32. The Hall–Kier alpha value is -3.92. The van der Waals surface area contributed by atoms with Gasteiger partial charge in [0, 0.05) is 37.0 Å². The fourth-order valence-corrected chi connectivity index (χ4v) is 5.08. The Balaban J connectivity index is 0.00000127. The average Bonchev–Trinajstić information content (AvgIpc) is 3.69. The van der Waals surface area contributed by atoms with E-state index in [-0.39, 0.29) is 30.7 Å². The van der Waals surface area contributed by atoms with E-state index in [1.165, 1.54) is 17.6 Å². The highest BCUT2D eigenvalue weighted by atomic mass is 32.1. The number of hydrogen-bond donors (Lipinski definition) is 4. The van der Waals surface area contributed by atoms with Crippen LogP contribution < -0.4 is 16.0 Å².